The first-order valence-corrected chi connectivity index (χ1v) is 16.5. The van der Waals surface area contributed by atoms with Gasteiger partial charge in [-0.15, -0.1) is 0 Å². The molecular weight excluding hydrogens is 526 g/mol. The highest BCUT2D eigenvalue weighted by atomic mass is 32.2. The normalized spacial score (nSPS) is 30.0. The summed E-state index contributed by atoms with van der Waals surface area (Å²) >= 11 is 0. The number of benzene rings is 1. The molecule has 0 bridgehead atoms. The van der Waals surface area contributed by atoms with Crippen molar-refractivity contribution in [1.82, 2.24) is 19.5 Å². The number of fused-ring (bicyclic) bond motifs is 1. The molecular formula is C30H41N5O4S. The van der Waals surface area contributed by atoms with Crippen LogP contribution < -0.4 is 11.1 Å². The summed E-state index contributed by atoms with van der Waals surface area (Å²) in [6, 6.07) is 11.1. The molecule has 216 valence electrons. The van der Waals surface area contributed by atoms with Crippen molar-refractivity contribution in [3.05, 3.63) is 47.7 Å². The molecule has 2 aliphatic carbocycles. The zero-order valence-electron chi connectivity index (χ0n) is 23.3. The van der Waals surface area contributed by atoms with Crippen molar-refractivity contribution in [1.29, 1.82) is 0 Å². The lowest BCUT2D eigenvalue weighted by molar-refractivity contribution is 0.0868. The van der Waals surface area contributed by atoms with Gasteiger partial charge in [0.15, 0.2) is 0 Å². The Bertz CT molecular complexity index is 1350. The molecule has 2 atom stereocenters. The summed E-state index contributed by atoms with van der Waals surface area (Å²) in [6.45, 7) is 3.36. The summed E-state index contributed by atoms with van der Waals surface area (Å²) in [5.41, 5.74) is 9.88. The Morgan fingerprint density at radius 2 is 1.75 bits per heavy atom. The van der Waals surface area contributed by atoms with E-state index in [9.17, 15) is 18.3 Å². The van der Waals surface area contributed by atoms with Crippen molar-refractivity contribution in [2.45, 2.75) is 75.0 Å². The molecule has 0 spiro atoms. The highest BCUT2D eigenvalue weighted by Crippen LogP contribution is 2.54. The fourth-order valence-electron chi connectivity index (χ4n) is 7.46. The number of piperidine rings is 1. The average Bonchev–Trinajstić information content (AvgIpc) is 3.20. The Morgan fingerprint density at radius 1 is 1.05 bits per heavy atom. The van der Waals surface area contributed by atoms with E-state index >= 15 is 0 Å². The van der Waals surface area contributed by atoms with Gasteiger partial charge in [0, 0.05) is 55.4 Å². The lowest BCUT2D eigenvalue weighted by Crippen LogP contribution is -2.47. The second kappa shape index (κ2) is 10.7. The molecule has 4 fully saturated rings. The first kappa shape index (κ1) is 27.6. The molecule has 2 saturated carbocycles. The number of carbonyl (C=O) groups is 1. The van der Waals surface area contributed by atoms with Crippen molar-refractivity contribution in [3.8, 4) is 11.1 Å². The lowest BCUT2D eigenvalue weighted by Gasteiger charge is -2.45. The van der Waals surface area contributed by atoms with Crippen LogP contribution >= 0.6 is 0 Å². The van der Waals surface area contributed by atoms with Gasteiger partial charge in [-0.1, -0.05) is 24.3 Å². The summed E-state index contributed by atoms with van der Waals surface area (Å²) < 4.78 is 25.5. The molecule has 2 saturated heterocycles. The second-order valence-corrected chi connectivity index (χ2v) is 14.4. The largest absolute Gasteiger partial charge is 0.393 e. The molecule has 1 amide bonds. The van der Waals surface area contributed by atoms with Crippen LogP contribution in [0.25, 0.3) is 11.1 Å². The molecule has 40 heavy (non-hydrogen) atoms. The fourth-order valence-corrected chi connectivity index (χ4v) is 8.34. The minimum atomic E-state index is -3.11. The van der Waals surface area contributed by atoms with Gasteiger partial charge in [-0.25, -0.2) is 17.7 Å². The summed E-state index contributed by atoms with van der Waals surface area (Å²) in [7, 11) is -3.11. The van der Waals surface area contributed by atoms with Gasteiger partial charge in [0.1, 0.15) is 5.82 Å². The number of hydrogen-bond acceptors (Lipinski definition) is 7. The molecule has 4 aliphatic rings. The van der Waals surface area contributed by atoms with Crippen molar-refractivity contribution >= 4 is 21.7 Å². The van der Waals surface area contributed by atoms with Crippen LogP contribution in [0.4, 0.5) is 5.82 Å². The maximum absolute atomic E-state index is 13.0. The van der Waals surface area contributed by atoms with Gasteiger partial charge in [-0.3, -0.25) is 9.69 Å². The third-order valence-electron chi connectivity index (χ3n) is 10.1. The van der Waals surface area contributed by atoms with Crippen molar-refractivity contribution < 1.29 is 18.3 Å². The smallest absolute Gasteiger partial charge is 0.255 e. The van der Waals surface area contributed by atoms with E-state index in [1.807, 2.05) is 6.07 Å². The molecule has 9 nitrogen and oxygen atoms in total. The highest BCUT2D eigenvalue weighted by molar-refractivity contribution is 7.88. The highest BCUT2D eigenvalue weighted by Gasteiger charge is 2.54. The first-order chi connectivity index (χ1) is 19.1. The van der Waals surface area contributed by atoms with Crippen LogP contribution in [-0.2, 0) is 15.4 Å². The van der Waals surface area contributed by atoms with Gasteiger partial charge in [0.25, 0.3) is 5.91 Å². The predicted molar refractivity (Wildman–Crippen MR) is 155 cm³/mol. The number of rotatable bonds is 6. The molecule has 1 aromatic carbocycles. The Balaban J connectivity index is 1.13. The van der Waals surface area contributed by atoms with Crippen LogP contribution in [0.3, 0.4) is 0 Å². The maximum Gasteiger partial charge on any atom is 0.255 e. The third kappa shape index (κ3) is 5.26. The van der Waals surface area contributed by atoms with E-state index in [1.165, 1.54) is 24.7 Å². The van der Waals surface area contributed by atoms with Crippen LogP contribution in [0.15, 0.2) is 36.5 Å². The van der Waals surface area contributed by atoms with E-state index in [0.29, 0.717) is 43.5 Å². The minimum Gasteiger partial charge on any atom is -0.393 e. The average molecular weight is 568 g/mol. The number of hydrogen-bond donors (Lipinski definition) is 3. The third-order valence-corrected chi connectivity index (χ3v) is 11.4. The van der Waals surface area contributed by atoms with Gasteiger partial charge in [-0.05, 0) is 74.5 Å². The van der Waals surface area contributed by atoms with Crippen LogP contribution in [0.2, 0.25) is 0 Å². The number of aromatic nitrogens is 1. The van der Waals surface area contributed by atoms with Crippen LogP contribution in [0.5, 0.6) is 0 Å². The zero-order chi connectivity index (χ0) is 28.1. The number of amides is 1. The van der Waals surface area contributed by atoms with Crippen molar-refractivity contribution in [2.75, 3.05) is 38.2 Å². The molecule has 0 radical (unpaired) electrons. The summed E-state index contributed by atoms with van der Waals surface area (Å²) in [5, 5.41) is 12.8. The van der Waals surface area contributed by atoms with Crippen molar-refractivity contribution in [2.24, 2.45) is 5.92 Å². The van der Waals surface area contributed by atoms with E-state index in [-0.39, 0.29) is 29.3 Å². The summed E-state index contributed by atoms with van der Waals surface area (Å²) in [5.74, 6) is 0.647. The minimum absolute atomic E-state index is 0.0473. The number of carbonyl (C=O) groups excluding carboxylic acids is 1. The topological polar surface area (TPSA) is 129 Å². The van der Waals surface area contributed by atoms with Crippen molar-refractivity contribution in [3.63, 3.8) is 0 Å². The Morgan fingerprint density at radius 3 is 2.38 bits per heavy atom. The molecule has 2 aromatic rings. The number of sulfonamides is 1. The molecule has 2 aliphatic heterocycles. The van der Waals surface area contributed by atoms with E-state index < -0.39 is 10.0 Å². The van der Waals surface area contributed by atoms with Gasteiger partial charge in [0.05, 0.1) is 17.9 Å². The molecule has 0 unspecified atom stereocenters. The molecule has 1 aromatic heterocycles. The summed E-state index contributed by atoms with van der Waals surface area (Å²) in [6.07, 6.45) is 9.92. The van der Waals surface area contributed by atoms with Crippen LogP contribution in [0, 0.1) is 5.92 Å². The summed E-state index contributed by atoms with van der Waals surface area (Å²) in [4.78, 5) is 20.0. The number of likely N-dealkylation sites (tertiary alicyclic amines) is 1. The zero-order valence-corrected chi connectivity index (χ0v) is 24.1. The quantitative estimate of drug-likeness (QED) is 0.490. The monoisotopic (exact) mass is 567 g/mol. The van der Waals surface area contributed by atoms with Gasteiger partial charge in [0.2, 0.25) is 10.0 Å². The number of nitrogens with one attached hydrogen (secondary N) is 1. The van der Waals surface area contributed by atoms with Gasteiger partial charge >= 0.3 is 0 Å². The number of aliphatic hydroxyl groups excluding tert-OH is 1. The number of nitrogen functional groups attached to an aromatic ring is 1. The van der Waals surface area contributed by atoms with Crippen LogP contribution in [0.1, 0.15) is 67.3 Å². The van der Waals surface area contributed by atoms with E-state index in [0.717, 1.165) is 49.9 Å². The number of nitrogens with zero attached hydrogens (tertiary/aromatic N) is 3. The maximum atomic E-state index is 13.0. The number of anilines is 1. The molecule has 4 N–H and O–H groups in total. The van der Waals surface area contributed by atoms with E-state index in [4.69, 9.17) is 5.73 Å². The number of pyridine rings is 1. The standard InChI is InChI=1S/C30H41N5O4S/c1-40(38,39)35-14-11-25(12-15-35)34-18-23-10-13-30(23,19-34)22-4-2-20(3-5-22)21-16-27(28(31)32-17-21)29(37)33-24-6-8-26(36)9-7-24/h2-5,16-17,23-26,36H,6-15,18-19H2,1H3,(H2,31,32)(H,33,37)/t23-,24-,26-,30+/m1/s1. The Hall–Kier alpha value is -2.53. The first-order valence-electron chi connectivity index (χ1n) is 14.7. The Labute approximate surface area is 237 Å². The molecule has 3 heterocycles. The number of aliphatic hydroxyl groups is 1. The SMILES string of the molecule is CS(=O)(=O)N1CCC(N2C[C@H]3CC[C@@]3(c3ccc(-c4cnc(N)c(C(=O)N[C@H]5CC[C@H](O)CC5)c4)cc3)C2)CC1. The molecule has 6 rings (SSSR count). The predicted octanol–water partition coefficient (Wildman–Crippen LogP) is 2.75. The van der Waals surface area contributed by atoms with Gasteiger partial charge in [-0.2, -0.15) is 0 Å². The second-order valence-electron chi connectivity index (χ2n) is 12.4. The van der Waals surface area contributed by atoms with E-state index in [2.05, 4.69) is 39.5 Å². The lowest BCUT2D eigenvalue weighted by atomic mass is 9.58. The van der Waals surface area contributed by atoms with Crippen LogP contribution in [-0.4, -0.2) is 84.2 Å². The Kier molecular flexibility index (Phi) is 7.39. The fraction of sp³-hybridized carbons (Fsp3) is 0.600. The number of nitrogens with two attached hydrogens (primary N) is 1. The van der Waals surface area contributed by atoms with E-state index in [1.54, 1.807) is 10.5 Å². The van der Waals surface area contributed by atoms with Gasteiger partial charge < -0.3 is 16.2 Å². The molecule has 10 heteroatoms.